The maximum atomic E-state index is 13.9. The van der Waals surface area contributed by atoms with E-state index >= 15 is 0 Å². The summed E-state index contributed by atoms with van der Waals surface area (Å²) in [4.78, 5) is 12.9. The number of hydrogen-bond acceptors (Lipinski definition) is 4. The second-order valence-electron chi connectivity index (χ2n) is 7.54. The number of carbonyl (C=O) groups is 1. The van der Waals surface area contributed by atoms with Crippen molar-refractivity contribution < 1.29 is 23.1 Å². The fourth-order valence-corrected chi connectivity index (χ4v) is 3.94. The summed E-state index contributed by atoms with van der Waals surface area (Å²) in [6.45, 7) is 0. The first-order valence-corrected chi connectivity index (χ1v) is 11.0. The molecule has 2 atom stereocenters. The van der Waals surface area contributed by atoms with Gasteiger partial charge in [-0.1, -0.05) is 51.3 Å². The normalized spacial score (nSPS) is 16.7. The van der Waals surface area contributed by atoms with Crippen molar-refractivity contribution in [2.75, 3.05) is 0 Å². The molecule has 170 valence electrons. The van der Waals surface area contributed by atoms with Crippen LogP contribution in [-0.2, 0) is 11.2 Å². The fraction of sp³-hybridized carbons (Fsp3) is 0.333. The fourth-order valence-electron chi connectivity index (χ4n) is 3.15. The highest BCUT2D eigenvalue weighted by atomic mass is 79.9. The SMILES string of the molecule is N#CC1(NC(=O)[C@H](Cc2cc(Cl)c(O)c(Cl)c2)N[C@@H](c2ccc(Br)cc2)C(F)(F)F)CC1. The number of nitriles is 1. The lowest BCUT2D eigenvalue weighted by Crippen LogP contribution is -2.52. The number of halogens is 6. The zero-order valence-electron chi connectivity index (χ0n) is 16.3. The molecule has 0 bridgehead atoms. The molecular weight excluding hydrogens is 534 g/mol. The molecule has 0 radical (unpaired) electrons. The molecule has 0 spiro atoms. The number of amides is 1. The minimum Gasteiger partial charge on any atom is -0.505 e. The summed E-state index contributed by atoms with van der Waals surface area (Å²) in [7, 11) is 0. The van der Waals surface area contributed by atoms with Gasteiger partial charge in [0.1, 0.15) is 11.6 Å². The highest BCUT2D eigenvalue weighted by Gasteiger charge is 2.47. The predicted octanol–water partition coefficient (Wildman–Crippen LogP) is 5.44. The lowest BCUT2D eigenvalue weighted by atomic mass is 10.0. The smallest absolute Gasteiger partial charge is 0.407 e. The van der Waals surface area contributed by atoms with E-state index in [4.69, 9.17) is 23.2 Å². The number of alkyl halides is 3. The largest absolute Gasteiger partial charge is 0.505 e. The number of rotatable bonds is 7. The number of benzene rings is 2. The number of carbonyl (C=O) groups excluding carboxylic acids is 1. The monoisotopic (exact) mass is 549 g/mol. The Morgan fingerprint density at radius 2 is 1.78 bits per heavy atom. The van der Waals surface area contributed by atoms with Crippen LogP contribution in [0.5, 0.6) is 5.75 Å². The molecule has 2 aromatic rings. The predicted molar refractivity (Wildman–Crippen MR) is 117 cm³/mol. The lowest BCUT2D eigenvalue weighted by Gasteiger charge is -2.28. The highest BCUT2D eigenvalue weighted by Crippen LogP contribution is 2.37. The van der Waals surface area contributed by atoms with Crippen molar-refractivity contribution in [1.82, 2.24) is 10.6 Å². The zero-order valence-corrected chi connectivity index (χ0v) is 19.4. The Bertz CT molecular complexity index is 1030. The Labute approximate surface area is 200 Å². The minimum absolute atomic E-state index is 0.0818. The van der Waals surface area contributed by atoms with Crippen LogP contribution in [0.2, 0.25) is 10.0 Å². The summed E-state index contributed by atoms with van der Waals surface area (Å²) < 4.78 is 42.4. The van der Waals surface area contributed by atoms with E-state index in [-0.39, 0.29) is 27.8 Å². The maximum absolute atomic E-state index is 13.9. The van der Waals surface area contributed by atoms with Gasteiger partial charge in [0.25, 0.3) is 0 Å². The summed E-state index contributed by atoms with van der Waals surface area (Å²) in [6, 6.07) is 6.67. The van der Waals surface area contributed by atoms with Gasteiger partial charge in [-0.2, -0.15) is 18.4 Å². The van der Waals surface area contributed by atoms with Crippen molar-refractivity contribution in [1.29, 1.82) is 5.26 Å². The van der Waals surface area contributed by atoms with Gasteiger partial charge in [0.05, 0.1) is 22.2 Å². The van der Waals surface area contributed by atoms with E-state index in [1.165, 1.54) is 36.4 Å². The van der Waals surface area contributed by atoms with Crippen LogP contribution in [0.15, 0.2) is 40.9 Å². The number of phenols is 1. The summed E-state index contributed by atoms with van der Waals surface area (Å²) in [5.74, 6) is -1.12. The van der Waals surface area contributed by atoms with Crippen LogP contribution < -0.4 is 10.6 Å². The van der Waals surface area contributed by atoms with Gasteiger partial charge in [0, 0.05) is 4.47 Å². The van der Waals surface area contributed by atoms with E-state index in [1.807, 2.05) is 6.07 Å². The molecule has 1 saturated carbocycles. The van der Waals surface area contributed by atoms with E-state index in [1.54, 1.807) is 0 Å². The summed E-state index contributed by atoms with van der Waals surface area (Å²) in [6.07, 6.45) is -4.07. The number of nitrogens with one attached hydrogen (secondary N) is 2. The topological polar surface area (TPSA) is 85.2 Å². The average Bonchev–Trinajstić information content (AvgIpc) is 3.49. The third kappa shape index (κ3) is 5.87. The molecule has 1 amide bonds. The zero-order chi connectivity index (χ0) is 23.7. The third-order valence-corrected chi connectivity index (χ3v) is 6.16. The molecule has 0 aromatic heterocycles. The Kier molecular flexibility index (Phi) is 7.30. The third-order valence-electron chi connectivity index (χ3n) is 5.06. The molecule has 0 saturated heterocycles. The van der Waals surface area contributed by atoms with Gasteiger partial charge < -0.3 is 10.4 Å². The molecule has 5 nitrogen and oxygen atoms in total. The van der Waals surface area contributed by atoms with Gasteiger partial charge in [0.15, 0.2) is 5.75 Å². The molecule has 2 aromatic carbocycles. The molecule has 0 heterocycles. The molecule has 1 aliphatic carbocycles. The molecular formula is C21H17BrCl2F3N3O2. The molecule has 32 heavy (non-hydrogen) atoms. The average molecular weight is 551 g/mol. The molecule has 0 unspecified atom stereocenters. The molecule has 3 rings (SSSR count). The summed E-state index contributed by atoms with van der Waals surface area (Å²) in [5.41, 5.74) is -0.808. The first-order chi connectivity index (χ1) is 14.9. The number of phenolic OH excluding ortho intramolecular Hbond substituents is 1. The molecule has 3 N–H and O–H groups in total. The van der Waals surface area contributed by atoms with Crippen LogP contribution in [0, 0.1) is 11.3 Å². The van der Waals surface area contributed by atoms with Crippen molar-refractivity contribution in [3.05, 3.63) is 62.0 Å². The second kappa shape index (κ2) is 9.48. The first-order valence-electron chi connectivity index (χ1n) is 9.42. The Hall–Kier alpha value is -1.99. The van der Waals surface area contributed by atoms with Crippen molar-refractivity contribution in [3.8, 4) is 11.8 Å². The molecule has 11 heteroatoms. The van der Waals surface area contributed by atoms with Gasteiger partial charge in [-0.3, -0.25) is 10.1 Å². The number of nitrogens with zero attached hydrogens (tertiary/aromatic N) is 1. The lowest BCUT2D eigenvalue weighted by molar-refractivity contribution is -0.161. The van der Waals surface area contributed by atoms with Gasteiger partial charge in [-0.05, 0) is 54.7 Å². The van der Waals surface area contributed by atoms with Crippen molar-refractivity contribution in [2.45, 2.75) is 43.1 Å². The quantitative estimate of drug-likeness (QED) is 0.428. The van der Waals surface area contributed by atoms with E-state index < -0.39 is 29.7 Å². The standard InChI is InChI=1S/C21H17BrCl2F3N3O2/c22-13-3-1-12(2-4-13)18(21(25,26)27)29-16(19(32)30-20(10-28)5-6-20)9-11-7-14(23)17(31)15(24)8-11/h1-4,7-8,16,18,29,31H,5-6,9H2,(H,30,32)/t16-,18-/m0/s1. The summed E-state index contributed by atoms with van der Waals surface area (Å²) in [5, 5.41) is 23.8. The van der Waals surface area contributed by atoms with Crippen molar-refractivity contribution in [2.24, 2.45) is 0 Å². The van der Waals surface area contributed by atoms with E-state index in [2.05, 4.69) is 26.6 Å². The van der Waals surface area contributed by atoms with Crippen molar-refractivity contribution in [3.63, 3.8) is 0 Å². The van der Waals surface area contributed by atoms with Crippen LogP contribution in [-0.4, -0.2) is 28.8 Å². The molecule has 1 aliphatic rings. The second-order valence-corrected chi connectivity index (χ2v) is 9.27. The van der Waals surface area contributed by atoms with Crippen LogP contribution >= 0.6 is 39.1 Å². The Morgan fingerprint density at radius 1 is 1.22 bits per heavy atom. The highest BCUT2D eigenvalue weighted by molar-refractivity contribution is 9.10. The number of hydrogen-bond donors (Lipinski definition) is 3. The Balaban J connectivity index is 1.94. The summed E-state index contributed by atoms with van der Waals surface area (Å²) >= 11 is 15.0. The van der Waals surface area contributed by atoms with E-state index in [0.717, 1.165) is 0 Å². The minimum atomic E-state index is -4.71. The first kappa shape index (κ1) is 24.6. The van der Waals surface area contributed by atoms with Crippen LogP contribution in [0.3, 0.4) is 0 Å². The van der Waals surface area contributed by atoms with Crippen LogP contribution in [0.25, 0.3) is 0 Å². The van der Waals surface area contributed by atoms with Crippen LogP contribution in [0.1, 0.15) is 30.0 Å². The van der Waals surface area contributed by atoms with Gasteiger partial charge in [-0.25, -0.2) is 0 Å². The van der Waals surface area contributed by atoms with E-state index in [9.17, 15) is 28.3 Å². The molecule has 1 fully saturated rings. The van der Waals surface area contributed by atoms with Gasteiger partial charge >= 0.3 is 6.18 Å². The Morgan fingerprint density at radius 3 is 2.25 bits per heavy atom. The number of aromatic hydroxyl groups is 1. The maximum Gasteiger partial charge on any atom is 0.407 e. The van der Waals surface area contributed by atoms with Crippen molar-refractivity contribution >= 4 is 45.0 Å². The van der Waals surface area contributed by atoms with E-state index in [0.29, 0.717) is 22.9 Å². The van der Waals surface area contributed by atoms with Gasteiger partial charge in [-0.15, -0.1) is 0 Å². The van der Waals surface area contributed by atoms with Gasteiger partial charge in [0.2, 0.25) is 5.91 Å². The molecule has 0 aliphatic heterocycles. The van der Waals surface area contributed by atoms with Crippen LogP contribution in [0.4, 0.5) is 13.2 Å².